The van der Waals surface area contributed by atoms with Gasteiger partial charge in [-0.1, -0.05) is 6.07 Å². The summed E-state index contributed by atoms with van der Waals surface area (Å²) >= 11 is 5.70. The van der Waals surface area contributed by atoms with Gasteiger partial charge in [-0.3, -0.25) is 4.79 Å². The highest BCUT2D eigenvalue weighted by Gasteiger charge is 2.26. The van der Waals surface area contributed by atoms with Crippen molar-refractivity contribution in [1.82, 2.24) is 0 Å². The Hall–Kier alpha value is -1.53. The number of carbonyl (C=O) groups is 1. The zero-order valence-corrected chi connectivity index (χ0v) is 10.0. The number of nitrogens with one attached hydrogen (secondary N) is 1. The number of alkyl halides is 1. The van der Waals surface area contributed by atoms with Crippen molar-refractivity contribution in [2.45, 2.75) is 13.8 Å². The molecular formula is C12H13ClN2O. The summed E-state index contributed by atoms with van der Waals surface area (Å²) in [7, 11) is 0. The van der Waals surface area contributed by atoms with Crippen LogP contribution in [0.1, 0.15) is 19.4 Å². The van der Waals surface area contributed by atoms with Crippen LogP contribution in [0.2, 0.25) is 0 Å². The highest BCUT2D eigenvalue weighted by molar-refractivity contribution is 6.20. The topological polar surface area (TPSA) is 52.9 Å². The van der Waals surface area contributed by atoms with Crippen molar-refractivity contribution in [3.8, 4) is 6.07 Å². The summed E-state index contributed by atoms with van der Waals surface area (Å²) in [6, 6.07) is 8.79. The fraction of sp³-hybridized carbons (Fsp3) is 0.333. The Morgan fingerprint density at radius 2 is 2.25 bits per heavy atom. The highest BCUT2D eigenvalue weighted by atomic mass is 35.5. The maximum Gasteiger partial charge on any atom is 0.231 e. The van der Waals surface area contributed by atoms with Crippen LogP contribution in [0.5, 0.6) is 0 Å². The van der Waals surface area contributed by atoms with E-state index in [9.17, 15) is 4.79 Å². The molecule has 0 aliphatic rings. The summed E-state index contributed by atoms with van der Waals surface area (Å²) in [4.78, 5) is 11.8. The fourth-order valence-corrected chi connectivity index (χ4v) is 1.15. The molecule has 1 rings (SSSR count). The number of carbonyl (C=O) groups excluding carboxylic acids is 1. The van der Waals surface area contributed by atoms with Gasteiger partial charge in [-0.2, -0.15) is 5.26 Å². The molecular weight excluding hydrogens is 224 g/mol. The monoisotopic (exact) mass is 236 g/mol. The van der Waals surface area contributed by atoms with Crippen molar-refractivity contribution in [2.75, 3.05) is 11.2 Å². The minimum absolute atomic E-state index is 0.155. The van der Waals surface area contributed by atoms with Gasteiger partial charge in [0, 0.05) is 11.6 Å². The predicted octanol–water partition coefficient (Wildman–Crippen LogP) is 2.76. The van der Waals surface area contributed by atoms with Gasteiger partial charge >= 0.3 is 0 Å². The molecule has 0 aliphatic heterocycles. The number of rotatable bonds is 3. The van der Waals surface area contributed by atoms with Gasteiger partial charge in [-0.25, -0.2) is 0 Å². The third-order valence-corrected chi connectivity index (χ3v) is 2.87. The van der Waals surface area contributed by atoms with Crippen LogP contribution >= 0.6 is 11.6 Å². The van der Waals surface area contributed by atoms with Crippen LogP contribution in [-0.2, 0) is 4.79 Å². The molecule has 0 spiro atoms. The van der Waals surface area contributed by atoms with Gasteiger partial charge in [0.1, 0.15) is 0 Å². The van der Waals surface area contributed by atoms with Crippen LogP contribution in [-0.4, -0.2) is 11.8 Å². The van der Waals surface area contributed by atoms with E-state index >= 15 is 0 Å². The lowest BCUT2D eigenvalue weighted by atomic mass is 9.95. The Kier molecular flexibility index (Phi) is 3.92. The van der Waals surface area contributed by atoms with Gasteiger partial charge < -0.3 is 5.32 Å². The van der Waals surface area contributed by atoms with Crippen LogP contribution in [0.25, 0.3) is 0 Å². The Morgan fingerprint density at radius 3 is 2.81 bits per heavy atom. The van der Waals surface area contributed by atoms with E-state index in [1.54, 1.807) is 38.1 Å². The van der Waals surface area contributed by atoms with Crippen molar-refractivity contribution in [3.63, 3.8) is 0 Å². The predicted molar refractivity (Wildman–Crippen MR) is 64.3 cm³/mol. The molecule has 0 aromatic heterocycles. The number of hydrogen-bond donors (Lipinski definition) is 1. The van der Waals surface area contributed by atoms with E-state index in [1.165, 1.54) is 0 Å². The number of halogens is 1. The molecule has 0 fully saturated rings. The SMILES string of the molecule is CC(C)(CCl)C(=O)Nc1cccc(C#N)c1. The maximum absolute atomic E-state index is 11.8. The van der Waals surface area contributed by atoms with Crippen LogP contribution in [0.3, 0.4) is 0 Å². The highest BCUT2D eigenvalue weighted by Crippen LogP contribution is 2.20. The van der Waals surface area contributed by atoms with Crippen molar-refractivity contribution in [2.24, 2.45) is 5.41 Å². The lowest BCUT2D eigenvalue weighted by molar-refractivity contribution is -0.122. The average molecular weight is 237 g/mol. The third kappa shape index (κ3) is 2.98. The van der Waals surface area contributed by atoms with E-state index < -0.39 is 5.41 Å². The number of benzene rings is 1. The summed E-state index contributed by atoms with van der Waals surface area (Å²) in [6.07, 6.45) is 0. The summed E-state index contributed by atoms with van der Waals surface area (Å²) in [5.41, 5.74) is 0.508. The Labute approximate surface area is 100 Å². The van der Waals surface area contributed by atoms with Gasteiger partial charge in [0.2, 0.25) is 5.91 Å². The smallest absolute Gasteiger partial charge is 0.231 e. The van der Waals surface area contributed by atoms with Crippen molar-refractivity contribution >= 4 is 23.2 Å². The molecule has 1 aromatic carbocycles. The van der Waals surface area contributed by atoms with Gasteiger partial charge in [0.05, 0.1) is 17.0 Å². The summed E-state index contributed by atoms with van der Waals surface area (Å²) < 4.78 is 0. The number of nitriles is 1. The summed E-state index contributed by atoms with van der Waals surface area (Å²) in [5, 5.41) is 11.5. The Morgan fingerprint density at radius 1 is 1.56 bits per heavy atom. The Balaban J connectivity index is 2.82. The maximum atomic E-state index is 11.8. The second-order valence-electron chi connectivity index (χ2n) is 4.16. The first-order chi connectivity index (χ1) is 7.49. The number of hydrogen-bond acceptors (Lipinski definition) is 2. The molecule has 16 heavy (non-hydrogen) atoms. The molecule has 0 saturated heterocycles. The molecule has 0 heterocycles. The van der Waals surface area contributed by atoms with Gasteiger partial charge in [-0.15, -0.1) is 11.6 Å². The minimum Gasteiger partial charge on any atom is -0.326 e. The molecule has 0 atom stereocenters. The van der Waals surface area contributed by atoms with E-state index in [1.807, 2.05) is 6.07 Å². The van der Waals surface area contributed by atoms with Crippen LogP contribution in [0, 0.1) is 16.7 Å². The van der Waals surface area contributed by atoms with E-state index in [0.717, 1.165) is 0 Å². The first-order valence-electron chi connectivity index (χ1n) is 4.87. The van der Waals surface area contributed by atoms with E-state index in [0.29, 0.717) is 11.3 Å². The molecule has 0 bridgehead atoms. The minimum atomic E-state index is -0.621. The number of amides is 1. The quantitative estimate of drug-likeness (QED) is 0.821. The number of nitrogens with zero attached hydrogens (tertiary/aromatic N) is 1. The summed E-state index contributed by atoms with van der Waals surface area (Å²) in [5.74, 6) is 0.0918. The zero-order valence-electron chi connectivity index (χ0n) is 9.25. The van der Waals surface area contributed by atoms with Gasteiger partial charge in [0.15, 0.2) is 0 Å². The van der Waals surface area contributed by atoms with E-state index in [2.05, 4.69) is 5.32 Å². The molecule has 1 amide bonds. The molecule has 4 heteroatoms. The molecule has 0 radical (unpaired) electrons. The lowest BCUT2D eigenvalue weighted by Crippen LogP contribution is -2.32. The molecule has 84 valence electrons. The molecule has 0 saturated carbocycles. The third-order valence-electron chi connectivity index (χ3n) is 2.20. The molecule has 0 aliphatic carbocycles. The van der Waals surface area contributed by atoms with Crippen molar-refractivity contribution in [1.29, 1.82) is 5.26 Å². The van der Waals surface area contributed by atoms with Crippen LogP contribution in [0.4, 0.5) is 5.69 Å². The van der Waals surface area contributed by atoms with Crippen LogP contribution < -0.4 is 5.32 Å². The fourth-order valence-electron chi connectivity index (χ4n) is 1.03. The average Bonchev–Trinajstić information content (AvgIpc) is 2.29. The first-order valence-corrected chi connectivity index (χ1v) is 5.40. The standard InChI is InChI=1S/C12H13ClN2O/c1-12(2,8-13)11(16)15-10-5-3-4-9(6-10)7-14/h3-6H,8H2,1-2H3,(H,15,16). The van der Waals surface area contributed by atoms with Gasteiger partial charge in [0.25, 0.3) is 0 Å². The normalized spacial score (nSPS) is 10.6. The second kappa shape index (κ2) is 5.00. The summed E-state index contributed by atoms with van der Waals surface area (Å²) in [6.45, 7) is 3.53. The van der Waals surface area contributed by atoms with E-state index in [4.69, 9.17) is 16.9 Å². The van der Waals surface area contributed by atoms with Crippen molar-refractivity contribution in [3.05, 3.63) is 29.8 Å². The molecule has 3 nitrogen and oxygen atoms in total. The van der Waals surface area contributed by atoms with Crippen molar-refractivity contribution < 1.29 is 4.79 Å². The molecule has 0 unspecified atom stereocenters. The van der Waals surface area contributed by atoms with E-state index in [-0.39, 0.29) is 11.8 Å². The Bertz CT molecular complexity index is 435. The second-order valence-corrected chi connectivity index (χ2v) is 4.43. The van der Waals surface area contributed by atoms with Crippen LogP contribution in [0.15, 0.2) is 24.3 Å². The molecule has 1 aromatic rings. The number of anilines is 1. The zero-order chi connectivity index (χ0) is 12.2. The molecule has 1 N–H and O–H groups in total. The van der Waals surface area contributed by atoms with Gasteiger partial charge in [-0.05, 0) is 32.0 Å². The first kappa shape index (κ1) is 12.5. The lowest BCUT2D eigenvalue weighted by Gasteiger charge is -2.20. The largest absolute Gasteiger partial charge is 0.326 e.